The molecule has 1 aromatic carbocycles. The first-order chi connectivity index (χ1) is 14.6. The van der Waals surface area contributed by atoms with Gasteiger partial charge in [0, 0.05) is 43.4 Å². The summed E-state index contributed by atoms with van der Waals surface area (Å²) in [7, 11) is 1.57. The molecule has 3 aromatic rings. The van der Waals surface area contributed by atoms with Crippen LogP contribution in [0.2, 0.25) is 0 Å². The molecule has 0 aliphatic carbocycles. The number of rotatable bonds is 5. The zero-order valence-corrected chi connectivity index (χ0v) is 17.0. The van der Waals surface area contributed by atoms with Crippen LogP contribution < -0.4 is 10.6 Å². The van der Waals surface area contributed by atoms with E-state index in [0.717, 1.165) is 42.6 Å². The molecule has 0 bridgehead atoms. The molecule has 3 heterocycles. The average Bonchev–Trinajstić information content (AvgIpc) is 2.79. The highest BCUT2D eigenvalue weighted by molar-refractivity contribution is 6.06. The van der Waals surface area contributed by atoms with Crippen LogP contribution in [0.3, 0.4) is 0 Å². The van der Waals surface area contributed by atoms with E-state index in [1.54, 1.807) is 13.1 Å². The van der Waals surface area contributed by atoms with Gasteiger partial charge in [-0.05, 0) is 55.5 Å². The van der Waals surface area contributed by atoms with Gasteiger partial charge in [0.2, 0.25) is 5.95 Å². The standard InChI is InChI=1S/C22H24FN5O2/c1-13(14-7-9-30-10-8-14)26-20-17-11-15(16-4-6-19(23)25-12-16)3-5-18(17)27-28-21(20)22(29)24-2/h3-6,11-14H,7-10H2,1-2H3,(H,24,29)(H,26,27). The number of ether oxygens (including phenoxy) is 1. The minimum atomic E-state index is -0.528. The van der Waals surface area contributed by atoms with Gasteiger partial charge < -0.3 is 15.4 Å². The third-order valence-electron chi connectivity index (χ3n) is 5.61. The predicted octanol–water partition coefficient (Wildman–Crippen LogP) is 3.42. The smallest absolute Gasteiger partial charge is 0.273 e. The fourth-order valence-corrected chi connectivity index (χ4v) is 3.82. The Morgan fingerprint density at radius 2 is 1.93 bits per heavy atom. The van der Waals surface area contributed by atoms with Crippen LogP contribution in [0.1, 0.15) is 30.3 Å². The Balaban J connectivity index is 1.79. The molecule has 8 heteroatoms. The van der Waals surface area contributed by atoms with Crippen molar-refractivity contribution in [1.29, 1.82) is 0 Å². The molecule has 4 rings (SSSR count). The maximum absolute atomic E-state index is 13.2. The summed E-state index contributed by atoms with van der Waals surface area (Å²) in [5, 5.41) is 15.4. The van der Waals surface area contributed by atoms with Gasteiger partial charge in [-0.3, -0.25) is 4.79 Å². The molecule has 1 saturated heterocycles. The Hall–Kier alpha value is -3.13. The summed E-state index contributed by atoms with van der Waals surface area (Å²) in [4.78, 5) is 16.2. The summed E-state index contributed by atoms with van der Waals surface area (Å²) in [5.74, 6) is -0.399. The molecule has 0 spiro atoms. The topological polar surface area (TPSA) is 89.0 Å². The van der Waals surface area contributed by atoms with Gasteiger partial charge in [0.25, 0.3) is 5.91 Å². The van der Waals surface area contributed by atoms with Crippen molar-refractivity contribution in [2.24, 2.45) is 5.92 Å². The zero-order chi connectivity index (χ0) is 21.1. The van der Waals surface area contributed by atoms with E-state index >= 15 is 0 Å². The summed E-state index contributed by atoms with van der Waals surface area (Å²) < 4.78 is 18.7. The van der Waals surface area contributed by atoms with Gasteiger partial charge in [0.15, 0.2) is 5.69 Å². The van der Waals surface area contributed by atoms with Crippen LogP contribution >= 0.6 is 0 Å². The molecule has 1 aliphatic rings. The van der Waals surface area contributed by atoms with Crippen molar-refractivity contribution in [3.8, 4) is 11.1 Å². The minimum Gasteiger partial charge on any atom is -0.381 e. The van der Waals surface area contributed by atoms with Gasteiger partial charge in [-0.2, -0.15) is 4.39 Å². The molecular formula is C22H24FN5O2. The van der Waals surface area contributed by atoms with Crippen molar-refractivity contribution < 1.29 is 13.9 Å². The highest BCUT2D eigenvalue weighted by Crippen LogP contribution is 2.31. The number of nitrogens with zero attached hydrogens (tertiary/aromatic N) is 3. The van der Waals surface area contributed by atoms with Crippen molar-refractivity contribution >= 4 is 22.5 Å². The molecule has 7 nitrogen and oxygen atoms in total. The molecule has 1 amide bonds. The normalized spacial score (nSPS) is 15.7. The van der Waals surface area contributed by atoms with Crippen LogP contribution in [0.4, 0.5) is 10.1 Å². The summed E-state index contributed by atoms with van der Waals surface area (Å²) in [5.41, 5.74) is 3.20. The number of aromatic nitrogens is 3. The molecule has 2 aromatic heterocycles. The van der Waals surface area contributed by atoms with E-state index in [4.69, 9.17) is 4.74 Å². The van der Waals surface area contributed by atoms with E-state index < -0.39 is 5.95 Å². The number of anilines is 1. The molecule has 1 atom stereocenters. The van der Waals surface area contributed by atoms with E-state index in [2.05, 4.69) is 32.7 Å². The number of benzene rings is 1. The number of amides is 1. The number of carbonyl (C=O) groups is 1. The van der Waals surface area contributed by atoms with Crippen molar-refractivity contribution in [2.75, 3.05) is 25.6 Å². The minimum absolute atomic E-state index is 0.126. The number of hydrogen-bond donors (Lipinski definition) is 2. The fourth-order valence-electron chi connectivity index (χ4n) is 3.82. The SMILES string of the molecule is CNC(=O)c1nnc2ccc(-c3ccc(F)nc3)cc2c1NC(C)C1CCOCC1. The molecule has 2 N–H and O–H groups in total. The second-order valence-corrected chi connectivity index (χ2v) is 7.49. The third kappa shape index (κ3) is 4.09. The molecule has 0 saturated carbocycles. The number of carbonyl (C=O) groups excluding carboxylic acids is 1. The van der Waals surface area contributed by atoms with E-state index in [1.807, 2.05) is 18.2 Å². The summed E-state index contributed by atoms with van der Waals surface area (Å²) in [6.07, 6.45) is 3.42. The summed E-state index contributed by atoms with van der Waals surface area (Å²) in [6, 6.07) is 8.80. The maximum Gasteiger partial charge on any atom is 0.273 e. The van der Waals surface area contributed by atoms with Crippen LogP contribution in [0.15, 0.2) is 36.5 Å². The first-order valence-corrected chi connectivity index (χ1v) is 10.1. The Labute approximate surface area is 174 Å². The summed E-state index contributed by atoms with van der Waals surface area (Å²) in [6.45, 7) is 3.61. The van der Waals surface area contributed by atoms with Gasteiger partial charge in [-0.1, -0.05) is 6.07 Å². The van der Waals surface area contributed by atoms with Gasteiger partial charge >= 0.3 is 0 Å². The van der Waals surface area contributed by atoms with Crippen LogP contribution in [-0.4, -0.2) is 47.4 Å². The van der Waals surface area contributed by atoms with Crippen LogP contribution in [0, 0.1) is 11.9 Å². The van der Waals surface area contributed by atoms with Crippen molar-refractivity contribution in [2.45, 2.75) is 25.8 Å². The quantitative estimate of drug-likeness (QED) is 0.628. The fraction of sp³-hybridized carbons (Fsp3) is 0.364. The molecule has 1 aliphatic heterocycles. The highest BCUT2D eigenvalue weighted by Gasteiger charge is 2.24. The Kier molecular flexibility index (Phi) is 5.85. The molecular weight excluding hydrogens is 385 g/mol. The monoisotopic (exact) mass is 409 g/mol. The lowest BCUT2D eigenvalue weighted by atomic mass is 9.92. The Bertz CT molecular complexity index is 1050. The van der Waals surface area contributed by atoms with Crippen LogP contribution in [0.5, 0.6) is 0 Å². The second-order valence-electron chi connectivity index (χ2n) is 7.49. The Morgan fingerprint density at radius 3 is 2.63 bits per heavy atom. The van der Waals surface area contributed by atoms with Crippen molar-refractivity contribution in [3.05, 3.63) is 48.2 Å². The van der Waals surface area contributed by atoms with Crippen LogP contribution in [-0.2, 0) is 4.74 Å². The predicted molar refractivity (Wildman–Crippen MR) is 113 cm³/mol. The van der Waals surface area contributed by atoms with Crippen molar-refractivity contribution in [1.82, 2.24) is 20.5 Å². The molecule has 1 unspecified atom stereocenters. The lowest BCUT2D eigenvalue weighted by Gasteiger charge is -2.29. The number of hydrogen-bond acceptors (Lipinski definition) is 6. The number of fused-ring (bicyclic) bond motifs is 1. The number of pyridine rings is 1. The third-order valence-corrected chi connectivity index (χ3v) is 5.61. The van der Waals surface area contributed by atoms with Crippen molar-refractivity contribution in [3.63, 3.8) is 0 Å². The first-order valence-electron chi connectivity index (χ1n) is 10.1. The molecule has 1 fully saturated rings. The lowest BCUT2D eigenvalue weighted by molar-refractivity contribution is 0.0622. The second kappa shape index (κ2) is 8.71. The first kappa shape index (κ1) is 20.2. The average molecular weight is 409 g/mol. The van der Waals surface area contributed by atoms with Gasteiger partial charge in [-0.25, -0.2) is 4.98 Å². The molecule has 0 radical (unpaired) electrons. The van der Waals surface area contributed by atoms with Gasteiger partial charge in [-0.15, -0.1) is 10.2 Å². The van der Waals surface area contributed by atoms with E-state index in [1.165, 1.54) is 12.3 Å². The maximum atomic E-state index is 13.2. The largest absolute Gasteiger partial charge is 0.381 e. The number of nitrogens with one attached hydrogen (secondary N) is 2. The van der Waals surface area contributed by atoms with Gasteiger partial charge in [0.05, 0.1) is 11.2 Å². The van der Waals surface area contributed by atoms with Crippen LogP contribution in [0.25, 0.3) is 22.0 Å². The molecule has 30 heavy (non-hydrogen) atoms. The lowest BCUT2D eigenvalue weighted by Crippen LogP contribution is -2.32. The molecule has 156 valence electrons. The summed E-state index contributed by atoms with van der Waals surface area (Å²) >= 11 is 0. The Morgan fingerprint density at radius 1 is 1.17 bits per heavy atom. The van der Waals surface area contributed by atoms with E-state index in [0.29, 0.717) is 17.1 Å². The zero-order valence-electron chi connectivity index (χ0n) is 17.0. The van der Waals surface area contributed by atoms with Gasteiger partial charge in [0.1, 0.15) is 0 Å². The van der Waals surface area contributed by atoms with E-state index in [9.17, 15) is 9.18 Å². The number of halogens is 1. The van der Waals surface area contributed by atoms with E-state index in [-0.39, 0.29) is 17.6 Å². The highest BCUT2D eigenvalue weighted by atomic mass is 19.1.